The van der Waals surface area contributed by atoms with Crippen LogP contribution in [0.2, 0.25) is 0 Å². The van der Waals surface area contributed by atoms with Crippen LogP contribution in [-0.2, 0) is 11.2 Å². The summed E-state index contributed by atoms with van der Waals surface area (Å²) in [5, 5.41) is 14.2. The van der Waals surface area contributed by atoms with Gasteiger partial charge in [0.2, 0.25) is 5.91 Å². The molecule has 1 N–H and O–H groups in total. The van der Waals surface area contributed by atoms with Crippen molar-refractivity contribution < 1.29 is 9.90 Å². The summed E-state index contributed by atoms with van der Waals surface area (Å²) in [6.07, 6.45) is 4.47. The normalized spacial score (nSPS) is 27.2. The van der Waals surface area contributed by atoms with E-state index in [4.69, 9.17) is 0 Å². The maximum atomic E-state index is 12.2. The van der Waals surface area contributed by atoms with Crippen LogP contribution in [0.15, 0.2) is 16.8 Å². The Labute approximate surface area is 130 Å². The first-order chi connectivity index (χ1) is 10.2. The molecule has 0 spiro atoms. The van der Waals surface area contributed by atoms with Gasteiger partial charge in [-0.05, 0) is 48.1 Å². The molecule has 2 heterocycles. The molecule has 0 radical (unpaired) electrons. The van der Waals surface area contributed by atoms with Crippen LogP contribution in [0.3, 0.4) is 0 Å². The Morgan fingerprint density at radius 1 is 1.29 bits per heavy atom. The number of carbonyl (C=O) groups is 1. The number of rotatable bonds is 4. The van der Waals surface area contributed by atoms with E-state index in [0.29, 0.717) is 12.5 Å². The summed E-state index contributed by atoms with van der Waals surface area (Å²) in [5.41, 5.74) is 1.26. The minimum absolute atomic E-state index is 0.161. The SMILES string of the molecule is O=C(CCc1ccsc1)N1CCN([C@@H]2CCC[C@@H]2O)CC1. The van der Waals surface area contributed by atoms with Crippen LogP contribution in [0.4, 0.5) is 0 Å². The molecule has 21 heavy (non-hydrogen) atoms. The molecular formula is C16H24N2O2S. The predicted molar refractivity (Wildman–Crippen MR) is 84.4 cm³/mol. The zero-order chi connectivity index (χ0) is 14.7. The molecule has 1 saturated carbocycles. The average Bonchev–Trinajstić information content (AvgIpc) is 3.16. The fourth-order valence-corrected chi connectivity index (χ4v) is 4.20. The van der Waals surface area contributed by atoms with E-state index in [1.165, 1.54) is 5.56 Å². The number of piperazine rings is 1. The van der Waals surface area contributed by atoms with E-state index in [-0.39, 0.29) is 12.0 Å². The van der Waals surface area contributed by atoms with Gasteiger partial charge in [0.1, 0.15) is 0 Å². The maximum Gasteiger partial charge on any atom is 0.222 e. The van der Waals surface area contributed by atoms with Crippen molar-refractivity contribution in [2.45, 2.75) is 44.2 Å². The number of amides is 1. The third-order valence-electron chi connectivity index (χ3n) is 4.79. The van der Waals surface area contributed by atoms with Crippen LogP contribution in [0, 0.1) is 0 Å². The highest BCUT2D eigenvalue weighted by molar-refractivity contribution is 7.07. The van der Waals surface area contributed by atoms with Crippen molar-refractivity contribution >= 4 is 17.2 Å². The van der Waals surface area contributed by atoms with Gasteiger partial charge in [-0.2, -0.15) is 11.3 Å². The third-order valence-corrected chi connectivity index (χ3v) is 5.52. The summed E-state index contributed by atoms with van der Waals surface area (Å²) >= 11 is 1.69. The Morgan fingerprint density at radius 3 is 2.71 bits per heavy atom. The quantitative estimate of drug-likeness (QED) is 0.921. The molecule has 0 bridgehead atoms. The van der Waals surface area contributed by atoms with E-state index in [1.807, 2.05) is 4.90 Å². The largest absolute Gasteiger partial charge is 0.391 e. The van der Waals surface area contributed by atoms with Crippen LogP contribution < -0.4 is 0 Å². The number of aliphatic hydroxyl groups is 1. The number of aryl methyl sites for hydroxylation is 1. The number of aliphatic hydroxyl groups excluding tert-OH is 1. The zero-order valence-corrected chi connectivity index (χ0v) is 13.2. The van der Waals surface area contributed by atoms with Gasteiger partial charge in [0, 0.05) is 38.6 Å². The van der Waals surface area contributed by atoms with Crippen molar-refractivity contribution in [2.75, 3.05) is 26.2 Å². The fraction of sp³-hybridized carbons (Fsp3) is 0.688. The lowest BCUT2D eigenvalue weighted by atomic mass is 10.1. The summed E-state index contributed by atoms with van der Waals surface area (Å²) in [4.78, 5) is 16.6. The molecule has 2 atom stereocenters. The van der Waals surface area contributed by atoms with Gasteiger partial charge in [-0.1, -0.05) is 0 Å². The van der Waals surface area contributed by atoms with Crippen LogP contribution >= 0.6 is 11.3 Å². The van der Waals surface area contributed by atoms with Gasteiger partial charge < -0.3 is 10.0 Å². The van der Waals surface area contributed by atoms with Crippen molar-refractivity contribution in [2.24, 2.45) is 0 Å². The zero-order valence-electron chi connectivity index (χ0n) is 12.4. The van der Waals surface area contributed by atoms with Gasteiger partial charge in [-0.15, -0.1) is 0 Å². The molecule has 5 heteroatoms. The van der Waals surface area contributed by atoms with Gasteiger partial charge in [0.05, 0.1) is 6.10 Å². The lowest BCUT2D eigenvalue weighted by Gasteiger charge is -2.39. The minimum atomic E-state index is -0.161. The third kappa shape index (κ3) is 3.65. The number of thiophene rings is 1. The van der Waals surface area contributed by atoms with Crippen LogP contribution in [-0.4, -0.2) is 59.1 Å². The van der Waals surface area contributed by atoms with E-state index in [2.05, 4.69) is 21.7 Å². The number of hydrogen-bond donors (Lipinski definition) is 1. The molecule has 1 aliphatic heterocycles. The summed E-state index contributed by atoms with van der Waals surface area (Å²) in [6.45, 7) is 3.44. The molecule has 1 aliphatic carbocycles. The first kappa shape index (κ1) is 15.0. The molecule has 0 unspecified atom stereocenters. The number of carbonyl (C=O) groups excluding carboxylic acids is 1. The van der Waals surface area contributed by atoms with E-state index in [0.717, 1.165) is 51.9 Å². The summed E-state index contributed by atoms with van der Waals surface area (Å²) in [7, 11) is 0. The Kier molecular flexibility index (Phi) is 4.93. The molecule has 1 amide bonds. The maximum absolute atomic E-state index is 12.2. The summed E-state index contributed by atoms with van der Waals surface area (Å²) in [5.74, 6) is 0.271. The van der Waals surface area contributed by atoms with E-state index in [9.17, 15) is 9.90 Å². The minimum Gasteiger partial charge on any atom is -0.391 e. The topological polar surface area (TPSA) is 43.8 Å². The molecule has 0 aromatic carbocycles. The van der Waals surface area contributed by atoms with Crippen LogP contribution in [0.1, 0.15) is 31.2 Å². The second-order valence-corrected chi connectivity index (χ2v) is 6.89. The Hall–Kier alpha value is -0.910. The van der Waals surface area contributed by atoms with Crippen molar-refractivity contribution in [1.29, 1.82) is 0 Å². The predicted octanol–water partition coefficient (Wildman–Crippen LogP) is 1.74. The Balaban J connectivity index is 1.43. The molecule has 1 aromatic rings. The molecule has 1 aromatic heterocycles. The lowest BCUT2D eigenvalue weighted by Crippen LogP contribution is -2.53. The first-order valence-electron chi connectivity index (χ1n) is 7.95. The monoisotopic (exact) mass is 308 g/mol. The standard InChI is InChI=1S/C16H24N2O2S/c19-15-3-1-2-14(15)17-7-9-18(10-8-17)16(20)5-4-13-6-11-21-12-13/h6,11-12,14-15,19H,1-5,7-10H2/t14-,15+/m1/s1. The van der Waals surface area contributed by atoms with Gasteiger partial charge >= 0.3 is 0 Å². The molecule has 116 valence electrons. The highest BCUT2D eigenvalue weighted by Gasteiger charge is 2.33. The highest BCUT2D eigenvalue weighted by Crippen LogP contribution is 2.25. The van der Waals surface area contributed by atoms with Crippen molar-refractivity contribution in [1.82, 2.24) is 9.80 Å². The van der Waals surface area contributed by atoms with Gasteiger partial charge in [-0.3, -0.25) is 9.69 Å². The van der Waals surface area contributed by atoms with Gasteiger partial charge in [-0.25, -0.2) is 0 Å². The average molecular weight is 308 g/mol. The molecular weight excluding hydrogens is 284 g/mol. The van der Waals surface area contributed by atoms with Crippen LogP contribution in [0.25, 0.3) is 0 Å². The molecule has 2 aliphatic rings. The molecule has 1 saturated heterocycles. The van der Waals surface area contributed by atoms with Crippen molar-refractivity contribution in [3.05, 3.63) is 22.4 Å². The van der Waals surface area contributed by atoms with Crippen molar-refractivity contribution in [3.63, 3.8) is 0 Å². The summed E-state index contributed by atoms with van der Waals surface area (Å²) < 4.78 is 0. The Morgan fingerprint density at radius 2 is 2.10 bits per heavy atom. The highest BCUT2D eigenvalue weighted by atomic mass is 32.1. The molecule has 4 nitrogen and oxygen atoms in total. The van der Waals surface area contributed by atoms with Crippen LogP contribution in [0.5, 0.6) is 0 Å². The molecule has 3 rings (SSSR count). The summed E-state index contributed by atoms with van der Waals surface area (Å²) in [6, 6.07) is 2.42. The van der Waals surface area contributed by atoms with E-state index < -0.39 is 0 Å². The second-order valence-electron chi connectivity index (χ2n) is 6.11. The number of nitrogens with zero attached hydrogens (tertiary/aromatic N) is 2. The van der Waals surface area contributed by atoms with Gasteiger partial charge in [0.25, 0.3) is 0 Å². The smallest absolute Gasteiger partial charge is 0.222 e. The van der Waals surface area contributed by atoms with Gasteiger partial charge in [0.15, 0.2) is 0 Å². The van der Waals surface area contributed by atoms with E-state index >= 15 is 0 Å². The van der Waals surface area contributed by atoms with Crippen molar-refractivity contribution in [3.8, 4) is 0 Å². The van der Waals surface area contributed by atoms with E-state index in [1.54, 1.807) is 11.3 Å². The molecule has 2 fully saturated rings. The first-order valence-corrected chi connectivity index (χ1v) is 8.89. The fourth-order valence-electron chi connectivity index (χ4n) is 3.49. The second kappa shape index (κ2) is 6.90. The Bertz CT molecular complexity index is 455. The number of hydrogen-bond acceptors (Lipinski definition) is 4. The lowest BCUT2D eigenvalue weighted by molar-refractivity contribution is -0.133.